The smallest absolute Gasteiger partial charge is 0.134 e. The quantitative estimate of drug-likeness (QED) is 0.865. The second-order valence-corrected chi connectivity index (χ2v) is 3.99. The van der Waals surface area contributed by atoms with Crippen molar-refractivity contribution in [3.63, 3.8) is 0 Å². The molecule has 2 N–H and O–H groups in total. The summed E-state index contributed by atoms with van der Waals surface area (Å²) in [5.41, 5.74) is 9.60. The van der Waals surface area contributed by atoms with Gasteiger partial charge in [0.15, 0.2) is 0 Å². The van der Waals surface area contributed by atoms with Gasteiger partial charge < -0.3 is 5.73 Å². The van der Waals surface area contributed by atoms with Gasteiger partial charge in [-0.05, 0) is 26.0 Å². The zero-order valence-electron chi connectivity index (χ0n) is 10.1. The molecule has 0 aromatic carbocycles. The summed E-state index contributed by atoms with van der Waals surface area (Å²) in [5, 5.41) is 0. The summed E-state index contributed by atoms with van der Waals surface area (Å²) in [6.07, 6.45) is 2.44. The maximum atomic E-state index is 5.66. The molecule has 0 amide bonds. The molecule has 0 saturated carbocycles. The number of nitrogens with two attached hydrogens (primary N) is 1. The Balaban J connectivity index is 2.29. The average molecular weight is 228 g/mol. The SMILES string of the molecule is Cc1nc(Cc2ccccn2)nc(C)c1CN. The van der Waals surface area contributed by atoms with Gasteiger partial charge in [0.2, 0.25) is 0 Å². The molecule has 2 rings (SSSR count). The van der Waals surface area contributed by atoms with E-state index in [-0.39, 0.29) is 0 Å². The van der Waals surface area contributed by atoms with E-state index in [1.54, 1.807) is 6.20 Å². The average Bonchev–Trinajstić information content (AvgIpc) is 2.30. The van der Waals surface area contributed by atoms with Gasteiger partial charge in [-0.15, -0.1) is 0 Å². The highest BCUT2D eigenvalue weighted by Gasteiger charge is 2.07. The van der Waals surface area contributed by atoms with Gasteiger partial charge in [-0.2, -0.15) is 0 Å². The molecule has 0 saturated heterocycles. The molecule has 0 atom stereocenters. The van der Waals surface area contributed by atoms with E-state index in [0.29, 0.717) is 13.0 Å². The first-order valence-corrected chi connectivity index (χ1v) is 5.63. The summed E-state index contributed by atoms with van der Waals surface area (Å²) in [5.74, 6) is 0.802. The molecule has 2 aromatic heterocycles. The highest BCUT2D eigenvalue weighted by Crippen LogP contribution is 2.11. The minimum absolute atomic E-state index is 0.488. The van der Waals surface area contributed by atoms with Crippen LogP contribution in [0.25, 0.3) is 0 Å². The van der Waals surface area contributed by atoms with Crippen molar-refractivity contribution >= 4 is 0 Å². The number of aryl methyl sites for hydroxylation is 2. The van der Waals surface area contributed by atoms with Crippen molar-refractivity contribution in [3.05, 3.63) is 52.9 Å². The number of rotatable bonds is 3. The van der Waals surface area contributed by atoms with E-state index in [9.17, 15) is 0 Å². The van der Waals surface area contributed by atoms with E-state index < -0.39 is 0 Å². The Bertz CT molecular complexity index is 485. The van der Waals surface area contributed by atoms with Gasteiger partial charge in [-0.25, -0.2) is 9.97 Å². The van der Waals surface area contributed by atoms with Crippen molar-refractivity contribution < 1.29 is 0 Å². The maximum Gasteiger partial charge on any atom is 0.134 e. The van der Waals surface area contributed by atoms with Crippen LogP contribution >= 0.6 is 0 Å². The lowest BCUT2D eigenvalue weighted by atomic mass is 10.1. The van der Waals surface area contributed by atoms with Gasteiger partial charge in [0, 0.05) is 35.4 Å². The van der Waals surface area contributed by atoms with Crippen LogP contribution in [0.15, 0.2) is 24.4 Å². The normalized spacial score (nSPS) is 10.5. The fraction of sp³-hybridized carbons (Fsp3) is 0.308. The Kier molecular flexibility index (Phi) is 3.44. The van der Waals surface area contributed by atoms with Crippen LogP contribution in [0.3, 0.4) is 0 Å². The van der Waals surface area contributed by atoms with E-state index in [2.05, 4.69) is 15.0 Å². The van der Waals surface area contributed by atoms with Gasteiger partial charge in [-0.1, -0.05) is 6.07 Å². The molecule has 0 bridgehead atoms. The Labute approximate surface area is 101 Å². The molecule has 0 fully saturated rings. The molecule has 0 spiro atoms. The molecule has 4 heteroatoms. The van der Waals surface area contributed by atoms with Crippen LogP contribution in [-0.2, 0) is 13.0 Å². The third-order valence-electron chi connectivity index (χ3n) is 2.74. The van der Waals surface area contributed by atoms with Crippen molar-refractivity contribution in [2.75, 3.05) is 0 Å². The van der Waals surface area contributed by atoms with Gasteiger partial charge in [-0.3, -0.25) is 4.98 Å². The summed E-state index contributed by atoms with van der Waals surface area (Å²) in [6.45, 7) is 4.43. The van der Waals surface area contributed by atoms with E-state index in [1.807, 2.05) is 32.0 Å². The van der Waals surface area contributed by atoms with E-state index >= 15 is 0 Å². The highest BCUT2D eigenvalue weighted by atomic mass is 14.9. The fourth-order valence-electron chi connectivity index (χ4n) is 1.85. The van der Waals surface area contributed by atoms with Gasteiger partial charge in [0.05, 0.1) is 6.42 Å². The topological polar surface area (TPSA) is 64.7 Å². The molecule has 2 heterocycles. The molecule has 0 unspecified atom stereocenters. The molecule has 0 aliphatic heterocycles. The lowest BCUT2D eigenvalue weighted by molar-refractivity contribution is 0.856. The first-order valence-electron chi connectivity index (χ1n) is 5.63. The van der Waals surface area contributed by atoms with E-state index in [1.165, 1.54) is 0 Å². The largest absolute Gasteiger partial charge is 0.326 e. The maximum absolute atomic E-state index is 5.66. The number of aromatic nitrogens is 3. The van der Waals surface area contributed by atoms with Gasteiger partial charge >= 0.3 is 0 Å². The number of nitrogens with zero attached hydrogens (tertiary/aromatic N) is 3. The lowest BCUT2D eigenvalue weighted by Crippen LogP contribution is -2.09. The minimum atomic E-state index is 0.488. The Morgan fingerprint density at radius 2 is 1.82 bits per heavy atom. The Hall–Kier alpha value is -1.81. The number of pyridine rings is 1. The fourth-order valence-corrected chi connectivity index (χ4v) is 1.85. The molecular formula is C13H16N4. The summed E-state index contributed by atoms with van der Waals surface area (Å²) < 4.78 is 0. The van der Waals surface area contributed by atoms with Crippen LogP contribution in [0, 0.1) is 13.8 Å². The van der Waals surface area contributed by atoms with Gasteiger partial charge in [0.25, 0.3) is 0 Å². The summed E-state index contributed by atoms with van der Waals surface area (Å²) in [7, 11) is 0. The standard InChI is InChI=1S/C13H16N4/c1-9-12(8-14)10(2)17-13(16-9)7-11-5-3-4-6-15-11/h3-6H,7-8,14H2,1-2H3. The third-order valence-corrected chi connectivity index (χ3v) is 2.74. The van der Waals surface area contributed by atoms with Crippen molar-refractivity contribution in [1.29, 1.82) is 0 Å². The van der Waals surface area contributed by atoms with Crippen molar-refractivity contribution in [1.82, 2.24) is 15.0 Å². The molecule has 17 heavy (non-hydrogen) atoms. The van der Waals surface area contributed by atoms with Crippen LogP contribution in [0.4, 0.5) is 0 Å². The number of hydrogen-bond acceptors (Lipinski definition) is 4. The Morgan fingerprint density at radius 1 is 1.12 bits per heavy atom. The molecule has 2 aromatic rings. The monoisotopic (exact) mass is 228 g/mol. The van der Waals surface area contributed by atoms with Crippen LogP contribution in [-0.4, -0.2) is 15.0 Å². The van der Waals surface area contributed by atoms with E-state index in [4.69, 9.17) is 5.73 Å². The second kappa shape index (κ2) is 5.01. The van der Waals surface area contributed by atoms with Crippen LogP contribution in [0.5, 0.6) is 0 Å². The molecule has 0 radical (unpaired) electrons. The molecule has 0 aliphatic carbocycles. The van der Waals surface area contributed by atoms with Crippen LogP contribution in [0.1, 0.15) is 28.5 Å². The first kappa shape index (κ1) is 11.7. The zero-order chi connectivity index (χ0) is 12.3. The third kappa shape index (κ3) is 2.65. The van der Waals surface area contributed by atoms with Crippen molar-refractivity contribution in [2.45, 2.75) is 26.8 Å². The van der Waals surface area contributed by atoms with Crippen molar-refractivity contribution in [3.8, 4) is 0 Å². The lowest BCUT2D eigenvalue weighted by Gasteiger charge is -2.08. The Morgan fingerprint density at radius 3 is 2.35 bits per heavy atom. The molecule has 88 valence electrons. The van der Waals surface area contributed by atoms with Crippen LogP contribution in [0.2, 0.25) is 0 Å². The summed E-state index contributed by atoms with van der Waals surface area (Å²) in [4.78, 5) is 13.2. The first-order chi connectivity index (χ1) is 8.20. The predicted octanol–water partition coefficient (Wildman–Crippen LogP) is 1.54. The van der Waals surface area contributed by atoms with Crippen molar-refractivity contribution in [2.24, 2.45) is 5.73 Å². The zero-order valence-corrected chi connectivity index (χ0v) is 10.1. The van der Waals surface area contributed by atoms with Crippen LogP contribution < -0.4 is 5.73 Å². The van der Waals surface area contributed by atoms with Gasteiger partial charge in [0.1, 0.15) is 5.82 Å². The predicted molar refractivity (Wildman–Crippen MR) is 66.4 cm³/mol. The minimum Gasteiger partial charge on any atom is -0.326 e. The molecular weight excluding hydrogens is 212 g/mol. The molecule has 0 aliphatic rings. The number of hydrogen-bond donors (Lipinski definition) is 1. The van der Waals surface area contributed by atoms with E-state index in [0.717, 1.165) is 28.5 Å². The highest BCUT2D eigenvalue weighted by molar-refractivity contribution is 5.25. The summed E-state index contributed by atoms with van der Waals surface area (Å²) in [6, 6.07) is 5.85. The molecule has 4 nitrogen and oxygen atoms in total. The second-order valence-electron chi connectivity index (χ2n) is 3.99. The summed E-state index contributed by atoms with van der Waals surface area (Å²) >= 11 is 0.